The first-order valence-corrected chi connectivity index (χ1v) is 11.5. The Kier molecular flexibility index (Phi) is 4.41. The van der Waals surface area contributed by atoms with E-state index in [1.54, 1.807) is 31.2 Å². The molecule has 1 fully saturated rings. The van der Waals surface area contributed by atoms with Crippen LogP contribution in [-0.4, -0.2) is 46.3 Å². The maximum atomic E-state index is 11.3. The number of hydrogen-bond donors (Lipinski definition) is 3. The van der Waals surface area contributed by atoms with Crippen molar-refractivity contribution in [3.8, 4) is 23.3 Å². The molecule has 0 aliphatic carbocycles. The second kappa shape index (κ2) is 7.04. The number of aliphatic hydroxyl groups excluding tert-OH is 1. The third-order valence-electron chi connectivity index (χ3n) is 6.60. The van der Waals surface area contributed by atoms with Crippen LogP contribution in [0.5, 0.6) is 17.6 Å². The molecule has 2 bridgehead atoms. The van der Waals surface area contributed by atoms with Crippen LogP contribution in [0.2, 0.25) is 5.02 Å². The van der Waals surface area contributed by atoms with Crippen LogP contribution < -0.4 is 4.74 Å². The lowest BCUT2D eigenvalue weighted by Crippen LogP contribution is -2.33. The molecular formula is C22H19ClN4O5S. The van der Waals surface area contributed by atoms with Crippen LogP contribution in [0.4, 0.5) is 0 Å². The van der Waals surface area contributed by atoms with Crippen LogP contribution in [0.25, 0.3) is 16.7 Å². The van der Waals surface area contributed by atoms with Gasteiger partial charge in [0.1, 0.15) is 22.2 Å². The lowest BCUT2D eigenvalue weighted by atomic mass is 9.76. The van der Waals surface area contributed by atoms with E-state index in [-0.39, 0.29) is 24.8 Å². The summed E-state index contributed by atoms with van der Waals surface area (Å²) in [6, 6.07) is 8.70. The molecular weight excluding hydrogens is 468 g/mol. The highest BCUT2D eigenvalue weighted by Crippen LogP contribution is 2.65. The number of rotatable bonds is 5. The first-order valence-electron chi connectivity index (χ1n) is 10.4. The van der Waals surface area contributed by atoms with E-state index >= 15 is 0 Å². The van der Waals surface area contributed by atoms with E-state index in [1.807, 2.05) is 6.07 Å². The van der Waals surface area contributed by atoms with Crippen LogP contribution in [0, 0.1) is 0 Å². The Hall–Kier alpha value is -2.92. The van der Waals surface area contributed by atoms with Gasteiger partial charge in [-0.3, -0.25) is 0 Å². The van der Waals surface area contributed by atoms with Crippen molar-refractivity contribution in [3.63, 3.8) is 0 Å². The van der Waals surface area contributed by atoms with Gasteiger partial charge in [0.2, 0.25) is 17.6 Å². The molecule has 0 radical (unpaired) electrons. The second-order valence-electron chi connectivity index (χ2n) is 8.48. The number of aromatic hydroxyl groups is 2. The Morgan fingerprint density at radius 3 is 2.82 bits per heavy atom. The van der Waals surface area contributed by atoms with Crippen molar-refractivity contribution in [2.24, 2.45) is 0 Å². The Labute approximate surface area is 197 Å². The van der Waals surface area contributed by atoms with Crippen LogP contribution >= 0.6 is 23.3 Å². The van der Waals surface area contributed by atoms with E-state index < -0.39 is 17.3 Å². The number of halogens is 1. The van der Waals surface area contributed by atoms with Crippen molar-refractivity contribution in [1.82, 2.24) is 18.3 Å². The van der Waals surface area contributed by atoms with Gasteiger partial charge in [0.15, 0.2) is 0 Å². The Morgan fingerprint density at radius 1 is 1.21 bits per heavy atom. The van der Waals surface area contributed by atoms with Crippen molar-refractivity contribution < 1.29 is 24.8 Å². The maximum Gasteiger partial charge on any atom is 0.213 e. The third-order valence-corrected chi connectivity index (χ3v) is 7.37. The van der Waals surface area contributed by atoms with E-state index in [0.717, 1.165) is 11.7 Å². The zero-order chi connectivity index (χ0) is 23.0. The van der Waals surface area contributed by atoms with Crippen molar-refractivity contribution in [1.29, 1.82) is 0 Å². The summed E-state index contributed by atoms with van der Waals surface area (Å²) >= 11 is 6.93. The van der Waals surface area contributed by atoms with Gasteiger partial charge in [-0.05, 0) is 25.1 Å². The van der Waals surface area contributed by atoms with E-state index in [0.29, 0.717) is 45.2 Å². The molecule has 11 heteroatoms. The first-order chi connectivity index (χ1) is 15.8. The molecule has 0 saturated carbocycles. The molecule has 0 spiro atoms. The number of ether oxygens (including phenoxy) is 2. The fraction of sp³-hybridized carbons (Fsp3) is 0.318. The molecule has 9 nitrogen and oxygen atoms in total. The number of pyridine rings is 1. The zero-order valence-electron chi connectivity index (χ0n) is 17.4. The number of aromatic nitrogens is 4. The van der Waals surface area contributed by atoms with Crippen molar-refractivity contribution in [2.45, 2.75) is 37.1 Å². The predicted molar refractivity (Wildman–Crippen MR) is 120 cm³/mol. The van der Waals surface area contributed by atoms with E-state index in [4.69, 9.17) is 21.1 Å². The summed E-state index contributed by atoms with van der Waals surface area (Å²) in [4.78, 5) is 4.12. The molecule has 3 atom stereocenters. The van der Waals surface area contributed by atoms with E-state index in [1.165, 1.54) is 10.8 Å². The standard InChI is InChI=1S/C22H19ClN4O5S/c1-21-14(28)9-22(32-21,7-8-31-15-6-5-11(23)10-24-15)17-16(21)19(29)27(20(17)30)13-4-2-3-12-18(13)26-33-25-12/h2-6,10,14,28-30H,7-9H2,1H3/t14-,21?,22?/m1/s1. The SMILES string of the molecule is CC12OC(CCOc3ccc(Cl)cn3)(C[C@H]1O)c1c2c(O)n(-c2cccc3nsnc23)c1O. The summed E-state index contributed by atoms with van der Waals surface area (Å²) in [6.07, 6.45) is 1.22. The van der Waals surface area contributed by atoms with Crippen molar-refractivity contribution in [2.75, 3.05) is 6.61 Å². The van der Waals surface area contributed by atoms with Gasteiger partial charge in [-0.25, -0.2) is 9.55 Å². The van der Waals surface area contributed by atoms with Gasteiger partial charge in [0.05, 0.1) is 46.3 Å². The van der Waals surface area contributed by atoms with Gasteiger partial charge in [0, 0.05) is 25.1 Å². The van der Waals surface area contributed by atoms with Crippen LogP contribution in [0.1, 0.15) is 30.9 Å². The van der Waals surface area contributed by atoms with E-state index in [2.05, 4.69) is 13.7 Å². The van der Waals surface area contributed by atoms with Gasteiger partial charge < -0.3 is 24.8 Å². The summed E-state index contributed by atoms with van der Waals surface area (Å²) in [5, 5.41) is 33.9. The molecule has 170 valence electrons. The minimum absolute atomic E-state index is 0.150. The summed E-state index contributed by atoms with van der Waals surface area (Å²) < 4.78 is 22.0. The molecule has 1 saturated heterocycles. The van der Waals surface area contributed by atoms with Gasteiger partial charge >= 0.3 is 0 Å². The monoisotopic (exact) mass is 486 g/mol. The lowest BCUT2D eigenvalue weighted by molar-refractivity contribution is -0.107. The smallest absolute Gasteiger partial charge is 0.213 e. The Bertz CT molecular complexity index is 1390. The Morgan fingerprint density at radius 2 is 2.03 bits per heavy atom. The molecule has 2 unspecified atom stereocenters. The highest BCUT2D eigenvalue weighted by Gasteiger charge is 2.66. The maximum absolute atomic E-state index is 11.3. The molecule has 2 aliphatic rings. The number of nitrogens with zero attached hydrogens (tertiary/aromatic N) is 4. The van der Waals surface area contributed by atoms with Gasteiger partial charge in [-0.2, -0.15) is 8.75 Å². The topological polar surface area (TPSA) is 123 Å². The second-order valence-corrected chi connectivity index (χ2v) is 9.44. The highest BCUT2D eigenvalue weighted by atomic mass is 35.5. The van der Waals surface area contributed by atoms with Gasteiger partial charge in [0.25, 0.3) is 0 Å². The molecule has 2 aliphatic heterocycles. The highest BCUT2D eigenvalue weighted by molar-refractivity contribution is 7.00. The molecule has 3 aromatic heterocycles. The summed E-state index contributed by atoms with van der Waals surface area (Å²) in [5.74, 6) is 0.0670. The average Bonchev–Trinajstić information content (AvgIpc) is 3.49. The van der Waals surface area contributed by atoms with Crippen molar-refractivity contribution >= 4 is 34.4 Å². The predicted octanol–water partition coefficient (Wildman–Crippen LogP) is 3.62. The number of fused-ring (bicyclic) bond motifs is 6. The van der Waals surface area contributed by atoms with E-state index in [9.17, 15) is 15.3 Å². The molecule has 3 N–H and O–H groups in total. The van der Waals surface area contributed by atoms with Gasteiger partial charge in [-0.1, -0.05) is 17.7 Å². The summed E-state index contributed by atoms with van der Waals surface area (Å²) in [5.41, 5.74) is 0.358. The lowest BCUT2D eigenvalue weighted by Gasteiger charge is -2.26. The number of hydrogen-bond acceptors (Lipinski definition) is 9. The van der Waals surface area contributed by atoms with Crippen LogP contribution in [-0.2, 0) is 15.9 Å². The summed E-state index contributed by atoms with van der Waals surface area (Å²) in [6.45, 7) is 1.94. The molecule has 4 aromatic rings. The molecule has 5 heterocycles. The minimum Gasteiger partial charge on any atom is -0.494 e. The average molecular weight is 487 g/mol. The number of aliphatic hydroxyl groups is 1. The normalized spacial score (nSPS) is 25.6. The van der Waals surface area contributed by atoms with Crippen molar-refractivity contribution in [3.05, 3.63) is 52.7 Å². The Balaban J connectivity index is 1.42. The molecule has 1 aromatic carbocycles. The van der Waals surface area contributed by atoms with Crippen LogP contribution in [0.15, 0.2) is 36.5 Å². The molecule has 0 amide bonds. The third kappa shape index (κ3) is 2.81. The zero-order valence-corrected chi connectivity index (χ0v) is 19.0. The largest absolute Gasteiger partial charge is 0.494 e. The first kappa shape index (κ1) is 20.7. The molecule has 33 heavy (non-hydrogen) atoms. The quantitative estimate of drug-likeness (QED) is 0.391. The minimum atomic E-state index is -1.17. The fourth-order valence-electron chi connectivity index (χ4n) is 5.09. The van der Waals surface area contributed by atoms with Gasteiger partial charge in [-0.15, -0.1) is 0 Å². The molecule has 6 rings (SSSR count). The fourth-order valence-corrected chi connectivity index (χ4v) is 5.75. The summed E-state index contributed by atoms with van der Waals surface area (Å²) in [7, 11) is 0. The van der Waals surface area contributed by atoms with Crippen LogP contribution in [0.3, 0.4) is 0 Å². The number of benzene rings is 1.